The molecule has 5 heteroatoms. The van der Waals surface area contributed by atoms with Crippen LogP contribution in [0.5, 0.6) is 5.88 Å². The third kappa shape index (κ3) is 2.91. The molecule has 0 amide bonds. The van der Waals surface area contributed by atoms with Crippen molar-refractivity contribution < 1.29 is 9.94 Å². The number of fused-ring (bicyclic) bond motifs is 1. The Labute approximate surface area is 123 Å². The molecule has 1 aliphatic carbocycles. The monoisotopic (exact) mass is 285 g/mol. The number of aromatic nitrogens is 1. The lowest BCUT2D eigenvalue weighted by atomic mass is 10.1. The van der Waals surface area contributed by atoms with E-state index < -0.39 is 0 Å². The molecule has 2 aromatic rings. The third-order valence-electron chi connectivity index (χ3n) is 4.02. The molecule has 1 aromatic heterocycles. The van der Waals surface area contributed by atoms with Gasteiger partial charge in [-0.15, -0.1) is 0 Å². The van der Waals surface area contributed by atoms with Crippen molar-refractivity contribution in [1.29, 1.82) is 0 Å². The maximum atomic E-state index is 8.94. The number of ether oxygens (including phenoxy) is 1. The van der Waals surface area contributed by atoms with Gasteiger partial charge in [0.15, 0.2) is 5.84 Å². The number of benzene rings is 1. The number of hydrogen-bond acceptors (Lipinski definition) is 4. The lowest BCUT2D eigenvalue weighted by Crippen LogP contribution is -2.15. The molecule has 110 valence electrons. The molecular weight excluding hydrogens is 266 g/mol. The molecule has 0 aliphatic heterocycles. The van der Waals surface area contributed by atoms with Crippen LogP contribution in [-0.4, -0.2) is 22.6 Å². The first kappa shape index (κ1) is 13.7. The number of pyridine rings is 1. The predicted molar refractivity (Wildman–Crippen MR) is 81.7 cm³/mol. The zero-order valence-electron chi connectivity index (χ0n) is 11.8. The van der Waals surface area contributed by atoms with Gasteiger partial charge >= 0.3 is 0 Å². The summed E-state index contributed by atoms with van der Waals surface area (Å²) in [6.45, 7) is 0.682. The van der Waals surface area contributed by atoms with Crippen LogP contribution in [0.25, 0.3) is 10.9 Å². The highest BCUT2D eigenvalue weighted by molar-refractivity contribution is 6.08. The molecule has 1 saturated carbocycles. The number of nitrogens with zero attached hydrogens (tertiary/aromatic N) is 2. The van der Waals surface area contributed by atoms with Gasteiger partial charge in [-0.2, -0.15) is 0 Å². The molecule has 1 heterocycles. The van der Waals surface area contributed by atoms with Crippen molar-refractivity contribution >= 4 is 16.7 Å². The molecule has 1 fully saturated rings. The van der Waals surface area contributed by atoms with Gasteiger partial charge in [0.1, 0.15) is 0 Å². The van der Waals surface area contributed by atoms with E-state index in [4.69, 9.17) is 15.7 Å². The van der Waals surface area contributed by atoms with E-state index in [-0.39, 0.29) is 5.84 Å². The Balaban J connectivity index is 1.91. The fraction of sp³-hybridized carbons (Fsp3) is 0.375. The van der Waals surface area contributed by atoms with Crippen molar-refractivity contribution in [2.75, 3.05) is 6.61 Å². The molecular formula is C16H19N3O2. The highest BCUT2D eigenvalue weighted by Crippen LogP contribution is 2.27. The Morgan fingerprint density at radius 3 is 2.86 bits per heavy atom. The predicted octanol–water partition coefficient (Wildman–Crippen LogP) is 2.90. The third-order valence-corrected chi connectivity index (χ3v) is 4.02. The summed E-state index contributed by atoms with van der Waals surface area (Å²) in [6.07, 6.45) is 5.02. The Morgan fingerprint density at radius 1 is 1.33 bits per heavy atom. The minimum atomic E-state index is 0.0688. The minimum absolute atomic E-state index is 0.0688. The summed E-state index contributed by atoms with van der Waals surface area (Å²) in [6, 6.07) is 9.35. The summed E-state index contributed by atoms with van der Waals surface area (Å²) in [4.78, 5) is 4.50. The van der Waals surface area contributed by atoms with Crippen molar-refractivity contribution in [3.8, 4) is 5.88 Å². The first-order valence-corrected chi connectivity index (χ1v) is 7.28. The smallest absolute Gasteiger partial charge is 0.214 e. The van der Waals surface area contributed by atoms with Crippen LogP contribution in [0.4, 0.5) is 0 Å². The zero-order chi connectivity index (χ0) is 14.7. The first-order chi connectivity index (χ1) is 10.3. The molecule has 0 spiro atoms. The lowest BCUT2D eigenvalue weighted by Gasteiger charge is -2.13. The van der Waals surface area contributed by atoms with Crippen LogP contribution in [0.3, 0.4) is 0 Å². The van der Waals surface area contributed by atoms with Gasteiger partial charge in [-0.25, -0.2) is 4.98 Å². The molecule has 0 bridgehead atoms. The second kappa shape index (κ2) is 5.99. The Morgan fingerprint density at radius 2 is 2.10 bits per heavy atom. The largest absolute Gasteiger partial charge is 0.477 e. The van der Waals surface area contributed by atoms with Gasteiger partial charge in [0.05, 0.1) is 12.1 Å². The van der Waals surface area contributed by atoms with Gasteiger partial charge in [-0.3, -0.25) is 0 Å². The fourth-order valence-corrected chi connectivity index (χ4v) is 2.87. The van der Waals surface area contributed by atoms with Crippen LogP contribution in [-0.2, 0) is 0 Å². The maximum Gasteiger partial charge on any atom is 0.214 e. The van der Waals surface area contributed by atoms with Gasteiger partial charge in [0, 0.05) is 17.0 Å². The van der Waals surface area contributed by atoms with Gasteiger partial charge in [0.25, 0.3) is 0 Å². The van der Waals surface area contributed by atoms with Crippen molar-refractivity contribution in [1.82, 2.24) is 4.98 Å². The quantitative estimate of drug-likeness (QED) is 0.392. The molecule has 3 rings (SSSR count). The normalized spacial score (nSPS) is 16.5. The topological polar surface area (TPSA) is 80.7 Å². The number of nitrogens with two attached hydrogens (primary N) is 1. The van der Waals surface area contributed by atoms with Crippen molar-refractivity contribution in [3.05, 3.63) is 35.9 Å². The van der Waals surface area contributed by atoms with Crippen molar-refractivity contribution in [2.45, 2.75) is 25.7 Å². The van der Waals surface area contributed by atoms with Crippen LogP contribution in [0.2, 0.25) is 0 Å². The van der Waals surface area contributed by atoms with Gasteiger partial charge in [0.2, 0.25) is 5.88 Å². The Bertz CT molecular complexity index is 664. The van der Waals surface area contributed by atoms with Crippen LogP contribution < -0.4 is 10.5 Å². The average molecular weight is 285 g/mol. The molecule has 0 radical (unpaired) electrons. The summed E-state index contributed by atoms with van der Waals surface area (Å²) < 4.78 is 5.83. The van der Waals surface area contributed by atoms with E-state index in [0.717, 1.165) is 10.9 Å². The summed E-state index contributed by atoms with van der Waals surface area (Å²) in [7, 11) is 0. The van der Waals surface area contributed by atoms with E-state index in [1.807, 2.05) is 24.3 Å². The highest BCUT2D eigenvalue weighted by atomic mass is 16.5. The maximum absolute atomic E-state index is 8.94. The summed E-state index contributed by atoms with van der Waals surface area (Å²) >= 11 is 0. The molecule has 0 saturated heterocycles. The second-order valence-corrected chi connectivity index (χ2v) is 5.47. The molecule has 0 atom stereocenters. The van der Waals surface area contributed by atoms with Crippen molar-refractivity contribution in [3.63, 3.8) is 0 Å². The van der Waals surface area contributed by atoms with E-state index in [1.54, 1.807) is 6.07 Å². The number of oxime groups is 1. The number of amidine groups is 1. The molecule has 21 heavy (non-hydrogen) atoms. The Hall–Kier alpha value is -2.30. The minimum Gasteiger partial charge on any atom is -0.477 e. The summed E-state index contributed by atoms with van der Waals surface area (Å²) in [5.74, 6) is 1.21. The SMILES string of the molecule is NC(=NO)c1cc(OCC2CCCC2)nc2ccccc12. The van der Waals surface area contributed by atoms with E-state index in [2.05, 4.69) is 10.1 Å². The van der Waals surface area contributed by atoms with E-state index in [9.17, 15) is 0 Å². The second-order valence-electron chi connectivity index (χ2n) is 5.47. The lowest BCUT2D eigenvalue weighted by molar-refractivity contribution is 0.244. The Kier molecular flexibility index (Phi) is 3.90. The van der Waals surface area contributed by atoms with Crippen LogP contribution in [0, 0.1) is 5.92 Å². The highest BCUT2D eigenvalue weighted by Gasteiger charge is 2.16. The molecule has 1 aliphatic rings. The van der Waals surface area contributed by atoms with Crippen LogP contribution in [0.15, 0.2) is 35.5 Å². The van der Waals surface area contributed by atoms with Crippen LogP contribution >= 0.6 is 0 Å². The zero-order valence-corrected chi connectivity index (χ0v) is 11.8. The summed E-state index contributed by atoms with van der Waals surface area (Å²) in [5, 5.41) is 12.9. The van der Waals surface area contributed by atoms with E-state index in [1.165, 1.54) is 25.7 Å². The van der Waals surface area contributed by atoms with Gasteiger partial charge < -0.3 is 15.7 Å². The fourth-order valence-electron chi connectivity index (χ4n) is 2.87. The first-order valence-electron chi connectivity index (χ1n) is 7.28. The van der Waals surface area contributed by atoms with E-state index >= 15 is 0 Å². The number of rotatable bonds is 4. The van der Waals surface area contributed by atoms with Gasteiger partial charge in [-0.1, -0.05) is 36.2 Å². The number of hydrogen-bond donors (Lipinski definition) is 2. The van der Waals surface area contributed by atoms with Crippen molar-refractivity contribution in [2.24, 2.45) is 16.8 Å². The van der Waals surface area contributed by atoms with Crippen LogP contribution in [0.1, 0.15) is 31.2 Å². The standard InChI is InChI=1S/C16H19N3O2/c17-16(19-20)13-9-15(21-10-11-5-1-2-6-11)18-14-8-4-3-7-12(13)14/h3-4,7-9,11,20H,1-2,5-6,10H2,(H2,17,19). The number of para-hydroxylation sites is 1. The summed E-state index contributed by atoms with van der Waals surface area (Å²) in [5.41, 5.74) is 7.19. The molecule has 0 unspecified atom stereocenters. The van der Waals surface area contributed by atoms with E-state index in [0.29, 0.717) is 24.0 Å². The van der Waals surface area contributed by atoms with Gasteiger partial charge in [-0.05, 0) is 24.8 Å². The average Bonchev–Trinajstić information content (AvgIpc) is 3.04. The molecule has 3 N–H and O–H groups in total. The molecule has 1 aromatic carbocycles. The molecule has 5 nitrogen and oxygen atoms in total.